The maximum atomic E-state index is 12.9. The monoisotopic (exact) mass is 526 g/mol. The number of benzene rings is 3. The lowest BCUT2D eigenvalue weighted by Crippen LogP contribution is -2.30. The second-order valence-electron chi connectivity index (χ2n) is 7.14. The molecule has 3 aromatic carbocycles. The van der Waals surface area contributed by atoms with Crippen LogP contribution in [-0.2, 0) is 11.4 Å². The second-order valence-corrected chi connectivity index (χ2v) is 8.43. The number of carbonyl (C=O) groups excluding carboxylic acids is 2. The summed E-state index contributed by atoms with van der Waals surface area (Å²) in [7, 11) is 0. The van der Waals surface area contributed by atoms with Gasteiger partial charge in [0.1, 0.15) is 12.3 Å². The zero-order valence-corrected chi connectivity index (χ0v) is 20.0. The van der Waals surface area contributed by atoms with Crippen molar-refractivity contribution in [2.75, 3.05) is 11.5 Å². The number of nitrogens with one attached hydrogen (secondary N) is 1. The molecular weight excluding hydrogens is 508 g/mol. The number of urea groups is 1. The van der Waals surface area contributed by atoms with Crippen LogP contribution in [0.4, 0.5) is 10.5 Å². The number of halogens is 2. The van der Waals surface area contributed by atoms with Crippen molar-refractivity contribution in [1.29, 1.82) is 0 Å². The van der Waals surface area contributed by atoms with Gasteiger partial charge in [0.05, 0.1) is 16.8 Å². The fourth-order valence-electron chi connectivity index (χ4n) is 3.33. The van der Waals surface area contributed by atoms with Crippen LogP contribution in [0.1, 0.15) is 18.1 Å². The Morgan fingerprint density at radius 2 is 1.76 bits per heavy atom. The maximum absolute atomic E-state index is 12.9. The van der Waals surface area contributed by atoms with E-state index in [1.165, 1.54) is 0 Å². The van der Waals surface area contributed by atoms with Crippen molar-refractivity contribution in [3.8, 4) is 11.5 Å². The quantitative estimate of drug-likeness (QED) is 0.294. The van der Waals surface area contributed by atoms with Gasteiger partial charge < -0.3 is 14.8 Å². The Morgan fingerprint density at radius 3 is 2.45 bits per heavy atom. The molecule has 1 aliphatic heterocycles. The van der Waals surface area contributed by atoms with Crippen molar-refractivity contribution in [1.82, 2.24) is 5.32 Å². The number of hydrogen-bond acceptors (Lipinski definition) is 4. The van der Waals surface area contributed by atoms with E-state index in [4.69, 9.17) is 21.1 Å². The Labute approximate surface area is 204 Å². The van der Waals surface area contributed by atoms with Crippen molar-refractivity contribution in [3.63, 3.8) is 0 Å². The third-order valence-electron chi connectivity index (χ3n) is 4.83. The lowest BCUT2D eigenvalue weighted by molar-refractivity contribution is -0.113. The van der Waals surface area contributed by atoms with Gasteiger partial charge in [-0.2, -0.15) is 0 Å². The molecular formula is C25H20BrClN2O4. The third kappa shape index (κ3) is 5.21. The lowest BCUT2D eigenvalue weighted by Gasteiger charge is -2.15. The number of hydrogen-bond donors (Lipinski definition) is 1. The molecule has 0 spiro atoms. The summed E-state index contributed by atoms with van der Waals surface area (Å²) in [5.41, 5.74) is 2.28. The number of ether oxygens (including phenoxy) is 2. The fraction of sp³-hybridized carbons (Fsp3) is 0.120. The minimum absolute atomic E-state index is 0.155. The van der Waals surface area contributed by atoms with Crippen LogP contribution in [0.5, 0.6) is 11.5 Å². The molecule has 1 aliphatic rings. The van der Waals surface area contributed by atoms with E-state index >= 15 is 0 Å². The van der Waals surface area contributed by atoms with Crippen molar-refractivity contribution in [2.45, 2.75) is 13.5 Å². The lowest BCUT2D eigenvalue weighted by atomic mass is 10.1. The topological polar surface area (TPSA) is 67.9 Å². The molecule has 3 amide bonds. The molecule has 1 saturated heterocycles. The standard InChI is InChI=1S/C25H20BrClN2O4/c1-2-32-22-14-17(12-20(26)23(22)33-15-16-6-4-3-5-7-16)13-21-24(30)29(25(31)28-21)19-10-8-18(27)9-11-19/h3-14H,2,15H2,1H3,(H,28,31)/b21-13+. The zero-order valence-electron chi connectivity index (χ0n) is 17.7. The van der Waals surface area contributed by atoms with E-state index in [1.807, 2.05) is 37.3 Å². The summed E-state index contributed by atoms with van der Waals surface area (Å²) in [4.78, 5) is 26.4. The molecule has 1 heterocycles. The Bertz CT molecular complexity index is 1210. The molecule has 33 heavy (non-hydrogen) atoms. The third-order valence-corrected chi connectivity index (χ3v) is 5.67. The van der Waals surface area contributed by atoms with Crippen LogP contribution in [0.15, 0.2) is 76.9 Å². The molecule has 0 radical (unpaired) electrons. The number of rotatable bonds is 7. The molecule has 6 nitrogen and oxygen atoms in total. The number of nitrogens with zero attached hydrogens (tertiary/aromatic N) is 1. The smallest absolute Gasteiger partial charge is 0.333 e. The van der Waals surface area contributed by atoms with Gasteiger partial charge in [-0.25, -0.2) is 9.69 Å². The number of carbonyl (C=O) groups is 2. The van der Waals surface area contributed by atoms with Crippen LogP contribution < -0.4 is 19.7 Å². The van der Waals surface area contributed by atoms with E-state index in [2.05, 4.69) is 21.2 Å². The SMILES string of the molecule is CCOc1cc(/C=C2/NC(=O)N(c3ccc(Cl)cc3)C2=O)cc(Br)c1OCc1ccccc1. The summed E-state index contributed by atoms with van der Waals surface area (Å²) in [6.07, 6.45) is 1.60. The van der Waals surface area contributed by atoms with Gasteiger partial charge in [-0.3, -0.25) is 4.79 Å². The van der Waals surface area contributed by atoms with Gasteiger partial charge in [0.25, 0.3) is 5.91 Å². The highest BCUT2D eigenvalue weighted by Gasteiger charge is 2.34. The molecule has 0 atom stereocenters. The van der Waals surface area contributed by atoms with Gasteiger partial charge in [0.15, 0.2) is 11.5 Å². The first kappa shape index (κ1) is 22.9. The molecule has 1 N–H and O–H groups in total. The molecule has 0 unspecified atom stereocenters. The Hall–Kier alpha value is -3.29. The van der Waals surface area contributed by atoms with Crippen molar-refractivity contribution < 1.29 is 19.1 Å². The van der Waals surface area contributed by atoms with E-state index in [0.29, 0.717) is 45.5 Å². The summed E-state index contributed by atoms with van der Waals surface area (Å²) in [5, 5.41) is 3.14. The van der Waals surface area contributed by atoms with Gasteiger partial charge in [0.2, 0.25) is 0 Å². The average Bonchev–Trinajstić information content (AvgIpc) is 3.07. The Balaban J connectivity index is 1.60. The molecule has 0 aliphatic carbocycles. The highest BCUT2D eigenvalue weighted by molar-refractivity contribution is 9.10. The van der Waals surface area contributed by atoms with Gasteiger partial charge >= 0.3 is 6.03 Å². The maximum Gasteiger partial charge on any atom is 0.333 e. The molecule has 0 aromatic heterocycles. The van der Waals surface area contributed by atoms with E-state index in [9.17, 15) is 9.59 Å². The van der Waals surface area contributed by atoms with Crippen LogP contribution >= 0.6 is 27.5 Å². The van der Waals surface area contributed by atoms with Gasteiger partial charge in [-0.05, 0) is 76.5 Å². The normalized spacial score (nSPS) is 14.5. The summed E-state index contributed by atoms with van der Waals surface area (Å²) in [6, 6.07) is 19.3. The summed E-state index contributed by atoms with van der Waals surface area (Å²) >= 11 is 9.45. The zero-order chi connectivity index (χ0) is 23.4. The van der Waals surface area contributed by atoms with Gasteiger partial charge in [-0.15, -0.1) is 0 Å². The first-order valence-electron chi connectivity index (χ1n) is 10.2. The van der Waals surface area contributed by atoms with Crippen LogP contribution in [0.3, 0.4) is 0 Å². The predicted octanol–water partition coefficient (Wildman–Crippen LogP) is 6.18. The number of imide groups is 1. The fourth-order valence-corrected chi connectivity index (χ4v) is 4.03. The van der Waals surface area contributed by atoms with E-state index in [1.54, 1.807) is 42.5 Å². The van der Waals surface area contributed by atoms with E-state index in [-0.39, 0.29) is 5.70 Å². The second kappa shape index (κ2) is 10.1. The molecule has 4 rings (SSSR count). The van der Waals surface area contributed by atoms with Gasteiger partial charge in [-0.1, -0.05) is 41.9 Å². The molecule has 1 fully saturated rings. The van der Waals surface area contributed by atoms with Crippen molar-refractivity contribution in [2.24, 2.45) is 0 Å². The molecule has 0 saturated carbocycles. The number of anilines is 1. The minimum atomic E-state index is -0.527. The van der Waals surface area contributed by atoms with Crippen LogP contribution in [-0.4, -0.2) is 18.5 Å². The first-order chi connectivity index (χ1) is 16.0. The van der Waals surface area contributed by atoms with Crippen molar-refractivity contribution >= 4 is 51.2 Å². The highest BCUT2D eigenvalue weighted by Crippen LogP contribution is 2.38. The van der Waals surface area contributed by atoms with E-state index in [0.717, 1.165) is 10.5 Å². The molecule has 3 aromatic rings. The van der Waals surface area contributed by atoms with Crippen molar-refractivity contribution in [3.05, 3.63) is 93.0 Å². The summed E-state index contributed by atoms with van der Waals surface area (Å²) < 4.78 is 12.5. The Kier molecular flexibility index (Phi) is 7.01. The molecule has 168 valence electrons. The highest BCUT2D eigenvalue weighted by atomic mass is 79.9. The number of amides is 3. The summed E-state index contributed by atoms with van der Waals surface area (Å²) in [5.74, 6) is 0.634. The van der Waals surface area contributed by atoms with E-state index < -0.39 is 11.9 Å². The largest absolute Gasteiger partial charge is 0.490 e. The molecule has 0 bridgehead atoms. The molecule has 8 heteroatoms. The minimum Gasteiger partial charge on any atom is -0.490 e. The van der Waals surface area contributed by atoms with Crippen LogP contribution in [0, 0.1) is 0 Å². The van der Waals surface area contributed by atoms with Gasteiger partial charge in [0, 0.05) is 5.02 Å². The Morgan fingerprint density at radius 1 is 1.03 bits per heavy atom. The average molecular weight is 528 g/mol. The summed E-state index contributed by atoms with van der Waals surface area (Å²) in [6.45, 7) is 2.70. The predicted molar refractivity (Wildman–Crippen MR) is 132 cm³/mol. The van der Waals surface area contributed by atoms with Crippen LogP contribution in [0.25, 0.3) is 6.08 Å². The van der Waals surface area contributed by atoms with Crippen LogP contribution in [0.2, 0.25) is 5.02 Å². The first-order valence-corrected chi connectivity index (χ1v) is 11.4.